The number of para-hydroxylation sites is 1. The van der Waals surface area contributed by atoms with Gasteiger partial charge in [-0.1, -0.05) is 32.4 Å². The number of rotatable bonds is 9. The number of nitrogens with zero attached hydrogens (tertiary/aromatic N) is 3. The molecular formula is C21H27N5O3. The Kier molecular flexibility index (Phi) is 6.64. The standard InChI is InChI=1S/C21H27N5O3/c1-4-9-15-18-19(25-26(15)13-17(27)22-6-3)21(28)24-20(23-18)14-10-7-8-11-16(14)29-12-5-2/h7-8,10-11H,4-6,9,12-13H2,1-3H3,(H,22,27)(H,23,24,28). The van der Waals surface area contributed by atoms with E-state index in [1.54, 1.807) is 4.68 Å². The van der Waals surface area contributed by atoms with E-state index in [9.17, 15) is 9.59 Å². The Balaban J connectivity index is 2.12. The molecule has 0 aliphatic rings. The molecule has 0 saturated carbocycles. The molecule has 0 unspecified atom stereocenters. The van der Waals surface area contributed by atoms with Gasteiger partial charge in [-0.2, -0.15) is 5.10 Å². The van der Waals surface area contributed by atoms with Gasteiger partial charge in [0.2, 0.25) is 5.91 Å². The molecule has 0 spiro atoms. The summed E-state index contributed by atoms with van der Waals surface area (Å²) in [6.07, 6.45) is 2.39. The monoisotopic (exact) mass is 397 g/mol. The van der Waals surface area contributed by atoms with Crippen LogP contribution in [0.15, 0.2) is 29.1 Å². The summed E-state index contributed by atoms with van der Waals surface area (Å²) in [5.74, 6) is 0.959. The van der Waals surface area contributed by atoms with Gasteiger partial charge in [-0.05, 0) is 31.9 Å². The van der Waals surface area contributed by atoms with Gasteiger partial charge < -0.3 is 15.0 Å². The van der Waals surface area contributed by atoms with E-state index in [1.165, 1.54) is 0 Å². The van der Waals surface area contributed by atoms with Gasteiger partial charge in [0.25, 0.3) is 5.56 Å². The summed E-state index contributed by atoms with van der Waals surface area (Å²) >= 11 is 0. The maximum atomic E-state index is 12.8. The minimum atomic E-state index is -0.331. The van der Waals surface area contributed by atoms with Gasteiger partial charge in [0.1, 0.15) is 23.6 Å². The molecule has 29 heavy (non-hydrogen) atoms. The Bertz CT molecular complexity index is 1050. The number of likely N-dealkylation sites (N-methyl/N-ethyl adjacent to an activating group) is 1. The Morgan fingerprint density at radius 3 is 2.69 bits per heavy atom. The number of ether oxygens (including phenoxy) is 1. The van der Waals surface area contributed by atoms with Crippen molar-refractivity contribution in [1.29, 1.82) is 0 Å². The van der Waals surface area contributed by atoms with Crippen molar-refractivity contribution < 1.29 is 9.53 Å². The molecule has 154 valence electrons. The van der Waals surface area contributed by atoms with Crippen LogP contribution in [0, 0.1) is 0 Å². The van der Waals surface area contributed by atoms with Crippen molar-refractivity contribution in [2.45, 2.75) is 46.6 Å². The van der Waals surface area contributed by atoms with E-state index in [0.717, 1.165) is 24.1 Å². The number of aryl methyl sites for hydroxylation is 1. The predicted molar refractivity (Wildman–Crippen MR) is 112 cm³/mol. The highest BCUT2D eigenvalue weighted by Crippen LogP contribution is 2.28. The van der Waals surface area contributed by atoms with Crippen LogP contribution in [-0.2, 0) is 17.8 Å². The highest BCUT2D eigenvalue weighted by atomic mass is 16.5. The second-order valence-electron chi connectivity index (χ2n) is 6.76. The third kappa shape index (κ3) is 4.47. The largest absolute Gasteiger partial charge is 0.493 e. The first-order chi connectivity index (χ1) is 14.1. The van der Waals surface area contributed by atoms with Crippen LogP contribution in [0.4, 0.5) is 0 Å². The van der Waals surface area contributed by atoms with Gasteiger partial charge in [0, 0.05) is 6.54 Å². The lowest BCUT2D eigenvalue weighted by Crippen LogP contribution is -2.28. The highest BCUT2D eigenvalue weighted by Gasteiger charge is 2.19. The highest BCUT2D eigenvalue weighted by molar-refractivity contribution is 5.81. The molecule has 2 N–H and O–H groups in total. The molecule has 0 bridgehead atoms. The van der Waals surface area contributed by atoms with Gasteiger partial charge in [-0.25, -0.2) is 4.98 Å². The predicted octanol–water partition coefficient (Wildman–Crippen LogP) is 2.66. The van der Waals surface area contributed by atoms with Gasteiger partial charge in [0.05, 0.1) is 17.9 Å². The molecule has 1 aromatic carbocycles. The normalized spacial score (nSPS) is 11.0. The van der Waals surface area contributed by atoms with Crippen LogP contribution in [0.3, 0.4) is 0 Å². The maximum absolute atomic E-state index is 12.8. The van der Waals surface area contributed by atoms with Crippen LogP contribution in [-0.4, -0.2) is 38.8 Å². The summed E-state index contributed by atoms with van der Waals surface area (Å²) in [6, 6.07) is 7.50. The van der Waals surface area contributed by atoms with E-state index < -0.39 is 0 Å². The number of carbonyl (C=O) groups excluding carboxylic acids is 1. The molecule has 2 heterocycles. The molecule has 0 atom stereocenters. The molecule has 0 radical (unpaired) electrons. The minimum Gasteiger partial charge on any atom is -0.493 e. The Labute approximate surface area is 169 Å². The molecule has 2 aromatic heterocycles. The van der Waals surface area contributed by atoms with Crippen molar-refractivity contribution >= 4 is 16.9 Å². The van der Waals surface area contributed by atoms with Crippen LogP contribution in [0.25, 0.3) is 22.4 Å². The van der Waals surface area contributed by atoms with Crippen molar-refractivity contribution in [3.05, 3.63) is 40.3 Å². The third-order valence-corrected chi connectivity index (χ3v) is 4.46. The number of hydrogen-bond donors (Lipinski definition) is 2. The van der Waals surface area contributed by atoms with Gasteiger partial charge in [0.15, 0.2) is 5.52 Å². The van der Waals surface area contributed by atoms with Crippen molar-refractivity contribution in [2.24, 2.45) is 0 Å². The van der Waals surface area contributed by atoms with Crippen molar-refractivity contribution in [2.75, 3.05) is 13.2 Å². The Hall–Kier alpha value is -3.16. The van der Waals surface area contributed by atoms with Gasteiger partial charge >= 0.3 is 0 Å². The molecule has 3 aromatic rings. The summed E-state index contributed by atoms with van der Waals surface area (Å²) in [6.45, 7) is 7.12. The maximum Gasteiger partial charge on any atom is 0.279 e. The lowest BCUT2D eigenvalue weighted by atomic mass is 10.1. The van der Waals surface area contributed by atoms with Crippen LogP contribution in [0.1, 0.15) is 39.3 Å². The number of hydrogen-bond acceptors (Lipinski definition) is 5. The van der Waals surface area contributed by atoms with Crippen LogP contribution < -0.4 is 15.6 Å². The van der Waals surface area contributed by atoms with Crippen LogP contribution in [0.2, 0.25) is 0 Å². The average molecular weight is 397 g/mol. The zero-order valence-electron chi connectivity index (χ0n) is 17.1. The van der Waals surface area contributed by atoms with Gasteiger partial charge in [-0.3, -0.25) is 14.3 Å². The van der Waals surface area contributed by atoms with Crippen LogP contribution >= 0.6 is 0 Å². The molecule has 0 aliphatic heterocycles. The zero-order chi connectivity index (χ0) is 20.8. The lowest BCUT2D eigenvalue weighted by molar-refractivity contribution is -0.121. The number of aromatic nitrogens is 4. The lowest BCUT2D eigenvalue weighted by Gasteiger charge is -2.10. The quantitative estimate of drug-likeness (QED) is 0.578. The molecule has 0 saturated heterocycles. The molecule has 8 nitrogen and oxygen atoms in total. The first-order valence-electron chi connectivity index (χ1n) is 10.1. The van der Waals surface area contributed by atoms with E-state index in [-0.39, 0.29) is 23.5 Å². The summed E-state index contributed by atoms with van der Waals surface area (Å²) in [4.78, 5) is 32.4. The number of carbonyl (C=O) groups is 1. The first-order valence-corrected chi connectivity index (χ1v) is 10.1. The van der Waals surface area contributed by atoms with Crippen LogP contribution in [0.5, 0.6) is 5.75 Å². The third-order valence-electron chi connectivity index (χ3n) is 4.46. The van der Waals surface area contributed by atoms with E-state index >= 15 is 0 Å². The van der Waals surface area contributed by atoms with Crippen molar-refractivity contribution in [3.63, 3.8) is 0 Å². The number of nitrogens with one attached hydrogen (secondary N) is 2. The Morgan fingerprint density at radius 2 is 1.97 bits per heavy atom. The molecule has 3 rings (SSSR count). The number of amides is 1. The molecule has 1 amide bonds. The van der Waals surface area contributed by atoms with E-state index in [2.05, 4.69) is 15.4 Å². The number of fused-ring (bicyclic) bond motifs is 1. The Morgan fingerprint density at radius 1 is 1.17 bits per heavy atom. The zero-order valence-corrected chi connectivity index (χ0v) is 17.1. The summed E-state index contributed by atoms with van der Waals surface area (Å²) in [7, 11) is 0. The number of benzene rings is 1. The van der Waals surface area contributed by atoms with E-state index in [0.29, 0.717) is 36.7 Å². The average Bonchev–Trinajstić information content (AvgIpc) is 3.05. The molecule has 8 heteroatoms. The summed E-state index contributed by atoms with van der Waals surface area (Å²) < 4.78 is 7.41. The second kappa shape index (κ2) is 9.36. The fraction of sp³-hybridized carbons (Fsp3) is 0.429. The fourth-order valence-electron chi connectivity index (χ4n) is 3.20. The second-order valence-corrected chi connectivity index (χ2v) is 6.76. The molecule has 0 aliphatic carbocycles. The SMILES string of the molecule is CCCOc1ccccc1-c1nc2c(CCC)n(CC(=O)NCC)nc2c(=O)[nH]1. The molecular weight excluding hydrogens is 370 g/mol. The van der Waals surface area contributed by atoms with Gasteiger partial charge in [-0.15, -0.1) is 0 Å². The molecule has 0 fully saturated rings. The smallest absolute Gasteiger partial charge is 0.279 e. The number of aromatic amines is 1. The topological polar surface area (TPSA) is 102 Å². The van der Waals surface area contributed by atoms with Crippen molar-refractivity contribution in [1.82, 2.24) is 25.1 Å². The summed E-state index contributed by atoms with van der Waals surface area (Å²) in [5, 5.41) is 7.14. The number of H-pyrrole nitrogens is 1. The van der Waals surface area contributed by atoms with Crippen molar-refractivity contribution in [3.8, 4) is 17.1 Å². The fourth-order valence-corrected chi connectivity index (χ4v) is 3.20. The van der Waals surface area contributed by atoms with E-state index in [4.69, 9.17) is 9.72 Å². The minimum absolute atomic E-state index is 0.0600. The summed E-state index contributed by atoms with van der Waals surface area (Å²) in [5.41, 5.74) is 1.95. The first kappa shape index (κ1) is 20.6. The van der Waals surface area contributed by atoms with E-state index in [1.807, 2.05) is 45.0 Å².